The number of nitrogens with zero attached hydrogens (tertiary/aromatic N) is 1. The summed E-state index contributed by atoms with van der Waals surface area (Å²) in [7, 11) is 0. The van der Waals surface area contributed by atoms with E-state index in [-0.39, 0.29) is 11.4 Å². The van der Waals surface area contributed by atoms with Gasteiger partial charge in [0, 0.05) is 6.04 Å². The molecule has 0 aliphatic carbocycles. The molecule has 0 aliphatic rings. The van der Waals surface area contributed by atoms with E-state index in [1.165, 1.54) is 18.2 Å². The van der Waals surface area contributed by atoms with E-state index < -0.39 is 12.1 Å². The summed E-state index contributed by atoms with van der Waals surface area (Å²) >= 11 is 0. The van der Waals surface area contributed by atoms with Crippen LogP contribution in [0.3, 0.4) is 0 Å². The van der Waals surface area contributed by atoms with Crippen molar-refractivity contribution in [3.63, 3.8) is 0 Å². The molecule has 2 atom stereocenters. The van der Waals surface area contributed by atoms with Crippen LogP contribution < -0.4 is 5.73 Å². The molecule has 5 nitrogen and oxygen atoms in total. The average Bonchev–Trinajstić information content (AvgIpc) is 2.16. The van der Waals surface area contributed by atoms with E-state index >= 15 is 0 Å². The lowest BCUT2D eigenvalue weighted by Gasteiger charge is -2.14. The SMILES string of the molecule is C[C@H](N)[C@H](O)c1ccc(N=O)c(O)c1. The van der Waals surface area contributed by atoms with Crippen LogP contribution in [-0.2, 0) is 0 Å². The average molecular weight is 196 g/mol. The highest BCUT2D eigenvalue weighted by atomic mass is 16.3. The van der Waals surface area contributed by atoms with Gasteiger partial charge in [-0.05, 0) is 29.8 Å². The molecule has 0 radical (unpaired) electrons. The van der Waals surface area contributed by atoms with Crippen molar-refractivity contribution >= 4 is 5.69 Å². The van der Waals surface area contributed by atoms with E-state index in [0.717, 1.165) is 0 Å². The molecule has 0 amide bonds. The van der Waals surface area contributed by atoms with Gasteiger partial charge in [-0.15, -0.1) is 4.91 Å². The highest BCUT2D eigenvalue weighted by Gasteiger charge is 2.14. The predicted molar refractivity (Wildman–Crippen MR) is 52.2 cm³/mol. The molecule has 0 unspecified atom stereocenters. The Morgan fingerprint density at radius 3 is 2.57 bits per heavy atom. The lowest BCUT2D eigenvalue weighted by atomic mass is 10.0. The normalized spacial score (nSPS) is 14.8. The van der Waals surface area contributed by atoms with Crippen LogP contribution in [0, 0.1) is 4.91 Å². The number of nitroso groups, excluding NO2 is 1. The third-order valence-electron chi connectivity index (χ3n) is 1.94. The van der Waals surface area contributed by atoms with Crippen molar-refractivity contribution in [2.24, 2.45) is 10.9 Å². The number of aliphatic hydroxyl groups is 1. The van der Waals surface area contributed by atoms with Crippen LogP contribution in [-0.4, -0.2) is 16.3 Å². The Bertz CT molecular complexity index is 339. The van der Waals surface area contributed by atoms with Gasteiger partial charge in [-0.25, -0.2) is 0 Å². The van der Waals surface area contributed by atoms with Gasteiger partial charge in [0.1, 0.15) is 11.4 Å². The van der Waals surface area contributed by atoms with Crippen LogP contribution in [0.4, 0.5) is 5.69 Å². The van der Waals surface area contributed by atoms with Crippen LogP contribution in [0.15, 0.2) is 23.4 Å². The van der Waals surface area contributed by atoms with Gasteiger partial charge in [0.05, 0.1) is 6.10 Å². The summed E-state index contributed by atoms with van der Waals surface area (Å²) in [4.78, 5) is 10.1. The van der Waals surface area contributed by atoms with Crippen molar-refractivity contribution in [3.8, 4) is 5.75 Å². The summed E-state index contributed by atoms with van der Waals surface area (Å²) < 4.78 is 0. The maximum atomic E-state index is 10.1. The maximum absolute atomic E-state index is 10.1. The Morgan fingerprint density at radius 2 is 2.14 bits per heavy atom. The molecule has 1 aromatic rings. The van der Waals surface area contributed by atoms with Gasteiger partial charge >= 0.3 is 0 Å². The molecule has 0 spiro atoms. The smallest absolute Gasteiger partial charge is 0.149 e. The molecule has 0 heterocycles. The fourth-order valence-electron chi connectivity index (χ4n) is 1.11. The molecule has 0 aliphatic heterocycles. The number of benzene rings is 1. The molecule has 14 heavy (non-hydrogen) atoms. The Labute approximate surface area is 81.1 Å². The number of hydrogen-bond donors (Lipinski definition) is 3. The summed E-state index contributed by atoms with van der Waals surface area (Å²) in [6.45, 7) is 1.65. The second-order valence-electron chi connectivity index (χ2n) is 3.14. The Balaban J connectivity index is 3.02. The van der Waals surface area contributed by atoms with E-state index in [2.05, 4.69) is 5.18 Å². The summed E-state index contributed by atoms with van der Waals surface area (Å²) in [6, 6.07) is 3.68. The minimum absolute atomic E-state index is 0.0503. The van der Waals surface area contributed by atoms with Crippen LogP contribution in [0.2, 0.25) is 0 Å². The first-order chi connectivity index (χ1) is 6.56. The first-order valence-corrected chi connectivity index (χ1v) is 4.16. The van der Waals surface area contributed by atoms with E-state index in [4.69, 9.17) is 5.73 Å². The topological polar surface area (TPSA) is 95.9 Å². The van der Waals surface area contributed by atoms with Crippen LogP contribution >= 0.6 is 0 Å². The Kier molecular flexibility index (Phi) is 3.16. The lowest BCUT2D eigenvalue weighted by Crippen LogP contribution is -2.24. The number of hydrogen-bond acceptors (Lipinski definition) is 5. The molecule has 0 fully saturated rings. The van der Waals surface area contributed by atoms with Crippen LogP contribution in [0.25, 0.3) is 0 Å². The van der Waals surface area contributed by atoms with Gasteiger partial charge in [0.15, 0.2) is 0 Å². The molecule has 0 bridgehead atoms. The third kappa shape index (κ3) is 2.07. The van der Waals surface area contributed by atoms with E-state index in [1.54, 1.807) is 6.92 Å². The van der Waals surface area contributed by atoms with Crippen molar-refractivity contribution in [3.05, 3.63) is 28.7 Å². The molecule has 1 rings (SSSR count). The van der Waals surface area contributed by atoms with Gasteiger partial charge in [-0.3, -0.25) is 0 Å². The number of aromatic hydroxyl groups is 1. The van der Waals surface area contributed by atoms with Crippen LogP contribution in [0.1, 0.15) is 18.6 Å². The largest absolute Gasteiger partial charge is 0.506 e. The lowest BCUT2D eigenvalue weighted by molar-refractivity contribution is 0.153. The predicted octanol–water partition coefficient (Wildman–Crippen LogP) is 1.17. The minimum Gasteiger partial charge on any atom is -0.506 e. The van der Waals surface area contributed by atoms with Gasteiger partial charge < -0.3 is 15.9 Å². The fourth-order valence-corrected chi connectivity index (χ4v) is 1.11. The summed E-state index contributed by atoms with van der Waals surface area (Å²) in [5.74, 6) is -0.253. The summed E-state index contributed by atoms with van der Waals surface area (Å²) in [5, 5.41) is 21.4. The number of aliphatic hydroxyl groups excluding tert-OH is 1. The zero-order chi connectivity index (χ0) is 10.7. The standard InChI is InChI=1S/C9H12N2O3/c1-5(10)9(13)6-2-3-7(11-14)8(12)4-6/h2-5,9,12-13H,10H2,1H3/t5-,9-/m0/s1. The van der Waals surface area contributed by atoms with Crippen molar-refractivity contribution in [2.75, 3.05) is 0 Å². The molecular weight excluding hydrogens is 184 g/mol. The van der Waals surface area contributed by atoms with Crippen molar-refractivity contribution < 1.29 is 10.2 Å². The summed E-state index contributed by atoms with van der Waals surface area (Å²) in [5.41, 5.74) is 5.88. The van der Waals surface area contributed by atoms with Gasteiger partial charge in [-0.1, -0.05) is 6.07 Å². The highest BCUT2D eigenvalue weighted by molar-refractivity contribution is 5.52. The Morgan fingerprint density at radius 1 is 1.50 bits per heavy atom. The minimum atomic E-state index is -0.860. The van der Waals surface area contributed by atoms with Gasteiger partial charge in [0.25, 0.3) is 0 Å². The molecule has 0 aromatic heterocycles. The van der Waals surface area contributed by atoms with E-state index in [0.29, 0.717) is 5.56 Å². The molecule has 0 saturated carbocycles. The van der Waals surface area contributed by atoms with Crippen LogP contribution in [0.5, 0.6) is 5.75 Å². The first kappa shape index (κ1) is 10.6. The number of rotatable bonds is 3. The molecular formula is C9H12N2O3. The van der Waals surface area contributed by atoms with E-state index in [9.17, 15) is 15.1 Å². The molecule has 5 heteroatoms. The monoisotopic (exact) mass is 196 g/mol. The number of nitrogens with two attached hydrogens (primary N) is 1. The fraction of sp³-hybridized carbons (Fsp3) is 0.333. The zero-order valence-corrected chi connectivity index (χ0v) is 7.71. The second kappa shape index (κ2) is 4.17. The number of phenols is 1. The van der Waals surface area contributed by atoms with Gasteiger partial charge in [0.2, 0.25) is 0 Å². The first-order valence-electron chi connectivity index (χ1n) is 4.16. The second-order valence-corrected chi connectivity index (χ2v) is 3.14. The highest BCUT2D eigenvalue weighted by Crippen LogP contribution is 2.29. The van der Waals surface area contributed by atoms with Crippen molar-refractivity contribution in [2.45, 2.75) is 19.1 Å². The third-order valence-corrected chi connectivity index (χ3v) is 1.94. The molecule has 76 valence electrons. The molecule has 4 N–H and O–H groups in total. The zero-order valence-electron chi connectivity index (χ0n) is 7.71. The van der Waals surface area contributed by atoms with Crippen molar-refractivity contribution in [1.82, 2.24) is 0 Å². The van der Waals surface area contributed by atoms with E-state index in [1.807, 2.05) is 0 Å². The maximum Gasteiger partial charge on any atom is 0.149 e. The quantitative estimate of drug-likeness (QED) is 0.632. The Hall–Kier alpha value is -1.46. The van der Waals surface area contributed by atoms with Crippen molar-refractivity contribution in [1.29, 1.82) is 0 Å². The van der Waals surface area contributed by atoms with Gasteiger partial charge in [-0.2, -0.15) is 0 Å². The number of phenolic OH excluding ortho intramolecular Hbond substituents is 1. The molecule has 0 saturated heterocycles. The molecule has 1 aromatic carbocycles. The summed E-state index contributed by atoms with van der Waals surface area (Å²) in [6.07, 6.45) is -0.860.